The van der Waals surface area contributed by atoms with Gasteiger partial charge < -0.3 is 15.6 Å². The first-order valence-electron chi connectivity index (χ1n) is 5.44. The largest absolute Gasteiger partial charge is 0.399 e. The van der Waals surface area contributed by atoms with Gasteiger partial charge in [0, 0.05) is 24.1 Å². The summed E-state index contributed by atoms with van der Waals surface area (Å²) in [6, 6.07) is 6.14. The van der Waals surface area contributed by atoms with Gasteiger partial charge in [0.2, 0.25) is 0 Å². The Morgan fingerprint density at radius 1 is 1.44 bits per heavy atom. The van der Waals surface area contributed by atoms with E-state index in [0.717, 1.165) is 30.9 Å². The number of fused-ring (bicyclic) bond motifs is 1. The standard InChI is InChI=1S/C12H14N4/c13-10-2-1-9-3-4-16(12(9)5-10)7-11-6-14-8-15-11/h1-2,5-6,8H,3-4,7,13H2,(H,14,15). The van der Waals surface area contributed by atoms with Gasteiger partial charge in [0.1, 0.15) is 0 Å². The number of aromatic amines is 1. The van der Waals surface area contributed by atoms with Crippen molar-refractivity contribution in [1.29, 1.82) is 0 Å². The Morgan fingerprint density at radius 2 is 2.38 bits per heavy atom. The topological polar surface area (TPSA) is 57.9 Å². The maximum Gasteiger partial charge on any atom is 0.0923 e. The Labute approximate surface area is 94.1 Å². The van der Waals surface area contributed by atoms with E-state index in [0.29, 0.717) is 0 Å². The Kier molecular flexibility index (Phi) is 2.06. The second kappa shape index (κ2) is 3.56. The molecule has 4 heteroatoms. The average molecular weight is 214 g/mol. The van der Waals surface area contributed by atoms with Crippen LogP contribution in [-0.2, 0) is 13.0 Å². The molecule has 0 unspecified atom stereocenters. The number of aromatic nitrogens is 2. The van der Waals surface area contributed by atoms with Gasteiger partial charge in [0.15, 0.2) is 0 Å². The van der Waals surface area contributed by atoms with Crippen molar-refractivity contribution in [3.05, 3.63) is 42.0 Å². The molecule has 1 aromatic heterocycles. The average Bonchev–Trinajstić information content (AvgIpc) is 2.90. The van der Waals surface area contributed by atoms with Crippen LogP contribution in [0.5, 0.6) is 0 Å². The molecule has 0 saturated heterocycles. The number of nitrogens with one attached hydrogen (secondary N) is 1. The number of imidazole rings is 1. The van der Waals surface area contributed by atoms with E-state index < -0.39 is 0 Å². The van der Waals surface area contributed by atoms with Crippen LogP contribution in [-0.4, -0.2) is 16.5 Å². The van der Waals surface area contributed by atoms with Gasteiger partial charge in [-0.15, -0.1) is 0 Å². The van der Waals surface area contributed by atoms with Gasteiger partial charge >= 0.3 is 0 Å². The lowest BCUT2D eigenvalue weighted by Gasteiger charge is -2.18. The van der Waals surface area contributed by atoms with Crippen molar-refractivity contribution in [3.8, 4) is 0 Å². The zero-order valence-electron chi connectivity index (χ0n) is 8.98. The van der Waals surface area contributed by atoms with Crippen molar-refractivity contribution in [2.75, 3.05) is 17.2 Å². The number of rotatable bonds is 2. The van der Waals surface area contributed by atoms with E-state index in [9.17, 15) is 0 Å². The summed E-state index contributed by atoms with van der Waals surface area (Å²) in [4.78, 5) is 9.54. The predicted molar refractivity (Wildman–Crippen MR) is 64.2 cm³/mol. The third-order valence-electron chi connectivity index (χ3n) is 3.01. The molecule has 2 heterocycles. The number of nitrogen functional groups attached to an aromatic ring is 1. The van der Waals surface area contributed by atoms with Gasteiger partial charge in [0.05, 0.1) is 18.6 Å². The van der Waals surface area contributed by atoms with Gasteiger partial charge in [-0.25, -0.2) is 4.98 Å². The maximum atomic E-state index is 5.82. The molecule has 82 valence electrons. The molecule has 1 aliphatic rings. The minimum Gasteiger partial charge on any atom is -0.399 e. The molecule has 0 amide bonds. The fourth-order valence-corrected chi connectivity index (χ4v) is 2.20. The van der Waals surface area contributed by atoms with E-state index in [-0.39, 0.29) is 0 Å². The van der Waals surface area contributed by atoms with E-state index >= 15 is 0 Å². The first kappa shape index (κ1) is 9.27. The number of nitrogens with zero attached hydrogens (tertiary/aromatic N) is 2. The molecule has 0 saturated carbocycles. The lowest BCUT2D eigenvalue weighted by atomic mass is 10.1. The molecule has 0 radical (unpaired) electrons. The molecule has 1 aliphatic heterocycles. The molecule has 3 N–H and O–H groups in total. The van der Waals surface area contributed by atoms with E-state index in [1.165, 1.54) is 11.3 Å². The highest BCUT2D eigenvalue weighted by atomic mass is 15.2. The zero-order chi connectivity index (χ0) is 11.0. The van der Waals surface area contributed by atoms with E-state index in [4.69, 9.17) is 5.73 Å². The molecular formula is C12H14N4. The summed E-state index contributed by atoms with van der Waals surface area (Å²) in [5, 5.41) is 0. The van der Waals surface area contributed by atoms with Gasteiger partial charge in [-0.3, -0.25) is 0 Å². The van der Waals surface area contributed by atoms with Gasteiger partial charge in [-0.1, -0.05) is 6.07 Å². The van der Waals surface area contributed by atoms with E-state index in [1.807, 2.05) is 12.3 Å². The van der Waals surface area contributed by atoms with Crippen LogP contribution in [0.1, 0.15) is 11.3 Å². The molecular weight excluding hydrogens is 200 g/mol. The van der Waals surface area contributed by atoms with Crippen LogP contribution < -0.4 is 10.6 Å². The Morgan fingerprint density at radius 3 is 3.19 bits per heavy atom. The third kappa shape index (κ3) is 1.52. The zero-order valence-corrected chi connectivity index (χ0v) is 8.98. The molecule has 0 spiro atoms. The monoisotopic (exact) mass is 214 g/mol. The molecule has 1 aromatic carbocycles. The second-order valence-corrected chi connectivity index (χ2v) is 4.12. The lowest BCUT2D eigenvalue weighted by molar-refractivity contribution is 0.819. The Bertz CT molecular complexity index is 490. The van der Waals surface area contributed by atoms with Crippen LogP contribution in [0.3, 0.4) is 0 Å². The predicted octanol–water partition coefficient (Wildman–Crippen LogP) is 1.55. The van der Waals surface area contributed by atoms with Crippen molar-refractivity contribution in [1.82, 2.24) is 9.97 Å². The van der Waals surface area contributed by atoms with Gasteiger partial charge in [0.25, 0.3) is 0 Å². The summed E-state index contributed by atoms with van der Waals surface area (Å²) in [7, 11) is 0. The fraction of sp³-hybridized carbons (Fsp3) is 0.250. The van der Waals surface area contributed by atoms with Crippen LogP contribution in [0.4, 0.5) is 11.4 Å². The number of hydrogen-bond acceptors (Lipinski definition) is 3. The van der Waals surface area contributed by atoms with Crippen molar-refractivity contribution in [2.45, 2.75) is 13.0 Å². The van der Waals surface area contributed by atoms with Crippen molar-refractivity contribution in [3.63, 3.8) is 0 Å². The maximum absolute atomic E-state index is 5.82. The molecule has 3 rings (SSSR count). The molecule has 0 atom stereocenters. The van der Waals surface area contributed by atoms with Gasteiger partial charge in [-0.05, 0) is 24.1 Å². The minimum absolute atomic E-state index is 0.827. The molecule has 16 heavy (non-hydrogen) atoms. The highest BCUT2D eigenvalue weighted by molar-refractivity contribution is 5.64. The first-order chi connectivity index (χ1) is 7.83. The number of anilines is 2. The second-order valence-electron chi connectivity index (χ2n) is 4.12. The molecule has 0 aliphatic carbocycles. The summed E-state index contributed by atoms with van der Waals surface area (Å²) in [5.41, 5.74) is 10.3. The number of benzene rings is 1. The summed E-state index contributed by atoms with van der Waals surface area (Å²) in [6.45, 7) is 1.89. The smallest absolute Gasteiger partial charge is 0.0923 e. The number of nitrogens with two attached hydrogens (primary N) is 1. The lowest BCUT2D eigenvalue weighted by Crippen LogP contribution is -2.19. The molecule has 0 fully saturated rings. The number of hydrogen-bond donors (Lipinski definition) is 2. The Hall–Kier alpha value is -1.97. The summed E-state index contributed by atoms with van der Waals surface area (Å²) >= 11 is 0. The highest BCUT2D eigenvalue weighted by Crippen LogP contribution is 2.30. The van der Waals surface area contributed by atoms with Crippen molar-refractivity contribution >= 4 is 11.4 Å². The molecule has 0 bridgehead atoms. The first-order valence-corrected chi connectivity index (χ1v) is 5.44. The normalized spacial score (nSPS) is 14.1. The summed E-state index contributed by atoms with van der Waals surface area (Å²) in [5.74, 6) is 0. The van der Waals surface area contributed by atoms with Crippen LogP contribution in [0.15, 0.2) is 30.7 Å². The fourth-order valence-electron chi connectivity index (χ4n) is 2.20. The van der Waals surface area contributed by atoms with Crippen molar-refractivity contribution in [2.24, 2.45) is 0 Å². The van der Waals surface area contributed by atoms with E-state index in [1.54, 1.807) is 6.33 Å². The summed E-state index contributed by atoms with van der Waals surface area (Å²) in [6.07, 6.45) is 4.75. The highest BCUT2D eigenvalue weighted by Gasteiger charge is 2.19. The van der Waals surface area contributed by atoms with Crippen LogP contribution in [0.25, 0.3) is 0 Å². The quantitative estimate of drug-likeness (QED) is 0.746. The molecule has 2 aromatic rings. The van der Waals surface area contributed by atoms with Crippen LogP contribution >= 0.6 is 0 Å². The van der Waals surface area contributed by atoms with Crippen LogP contribution in [0.2, 0.25) is 0 Å². The van der Waals surface area contributed by atoms with Crippen LogP contribution in [0, 0.1) is 0 Å². The third-order valence-corrected chi connectivity index (χ3v) is 3.01. The summed E-state index contributed by atoms with van der Waals surface area (Å²) < 4.78 is 0. The Balaban J connectivity index is 1.88. The molecule has 4 nitrogen and oxygen atoms in total. The minimum atomic E-state index is 0.827. The van der Waals surface area contributed by atoms with Crippen molar-refractivity contribution < 1.29 is 0 Å². The number of H-pyrrole nitrogens is 1. The van der Waals surface area contributed by atoms with E-state index in [2.05, 4.69) is 27.0 Å². The SMILES string of the molecule is Nc1ccc2c(c1)N(Cc1c[nH]cn1)CC2. The van der Waals surface area contributed by atoms with Gasteiger partial charge in [-0.2, -0.15) is 0 Å².